The highest BCUT2D eigenvalue weighted by molar-refractivity contribution is 9.10. The van der Waals surface area contributed by atoms with Crippen molar-refractivity contribution in [3.63, 3.8) is 0 Å². The molecule has 0 bridgehead atoms. The van der Waals surface area contributed by atoms with Gasteiger partial charge in [0.2, 0.25) is 5.91 Å². The predicted molar refractivity (Wildman–Crippen MR) is 63.2 cm³/mol. The van der Waals surface area contributed by atoms with Gasteiger partial charge >= 0.3 is 5.97 Å². The molecular formula is C11H12BrNO3. The number of amides is 1. The van der Waals surface area contributed by atoms with E-state index in [1.165, 1.54) is 0 Å². The van der Waals surface area contributed by atoms with E-state index >= 15 is 0 Å². The Labute approximate surface area is 102 Å². The van der Waals surface area contributed by atoms with Crippen molar-refractivity contribution in [2.75, 3.05) is 6.54 Å². The molecule has 1 amide bonds. The predicted octanol–water partition coefficient (Wildman–Crippen LogP) is 1.50. The molecule has 4 nitrogen and oxygen atoms in total. The van der Waals surface area contributed by atoms with Crippen molar-refractivity contribution in [1.82, 2.24) is 5.32 Å². The average Bonchev–Trinajstić information content (AvgIpc) is 2.19. The molecule has 16 heavy (non-hydrogen) atoms. The summed E-state index contributed by atoms with van der Waals surface area (Å²) in [6.45, 7) is 1.57. The van der Waals surface area contributed by atoms with E-state index in [-0.39, 0.29) is 18.9 Å². The molecule has 2 N–H and O–H groups in total. The van der Waals surface area contributed by atoms with Gasteiger partial charge in [-0.05, 0) is 30.2 Å². The molecule has 1 aromatic carbocycles. The van der Waals surface area contributed by atoms with Gasteiger partial charge in [-0.2, -0.15) is 0 Å². The van der Waals surface area contributed by atoms with Crippen molar-refractivity contribution in [2.45, 2.75) is 13.3 Å². The second kappa shape index (κ2) is 5.65. The quantitative estimate of drug-likeness (QED) is 0.881. The van der Waals surface area contributed by atoms with Gasteiger partial charge in [0.1, 0.15) is 6.54 Å². The molecule has 0 fully saturated rings. The van der Waals surface area contributed by atoms with Crippen LogP contribution in [0.1, 0.15) is 11.1 Å². The minimum Gasteiger partial charge on any atom is -0.480 e. The molecule has 5 heteroatoms. The highest BCUT2D eigenvalue weighted by Gasteiger charge is 2.07. The number of aliphatic carboxylic acids is 1. The third-order valence-corrected chi connectivity index (χ3v) is 2.59. The molecule has 0 saturated heterocycles. The van der Waals surface area contributed by atoms with Crippen molar-refractivity contribution in [3.05, 3.63) is 33.8 Å². The molecule has 0 aliphatic carbocycles. The summed E-state index contributed by atoms with van der Waals surface area (Å²) in [5.74, 6) is -1.33. The third-order valence-electron chi connectivity index (χ3n) is 2.09. The van der Waals surface area contributed by atoms with E-state index in [1.807, 2.05) is 25.1 Å². The first-order valence-corrected chi connectivity index (χ1v) is 5.52. The van der Waals surface area contributed by atoms with Crippen LogP contribution in [0.2, 0.25) is 0 Å². The van der Waals surface area contributed by atoms with Crippen LogP contribution in [-0.2, 0) is 16.0 Å². The standard InChI is InChI=1S/C11H12BrNO3/c1-7-4-9(12)3-2-8(7)5-10(14)13-6-11(15)16/h2-4H,5-6H2,1H3,(H,13,14)(H,15,16). The van der Waals surface area contributed by atoms with Crippen LogP contribution in [0.3, 0.4) is 0 Å². The SMILES string of the molecule is Cc1cc(Br)ccc1CC(=O)NCC(=O)O. The van der Waals surface area contributed by atoms with Gasteiger partial charge in [0, 0.05) is 4.47 Å². The van der Waals surface area contributed by atoms with Gasteiger partial charge in [0.15, 0.2) is 0 Å². The largest absolute Gasteiger partial charge is 0.480 e. The molecular weight excluding hydrogens is 274 g/mol. The zero-order valence-corrected chi connectivity index (χ0v) is 10.4. The lowest BCUT2D eigenvalue weighted by Crippen LogP contribution is -2.30. The fraction of sp³-hybridized carbons (Fsp3) is 0.273. The first-order chi connectivity index (χ1) is 7.49. The number of carboxylic acid groups (broad SMARTS) is 1. The van der Waals surface area contributed by atoms with Crippen molar-refractivity contribution >= 4 is 27.8 Å². The maximum absolute atomic E-state index is 11.4. The van der Waals surface area contributed by atoms with E-state index in [0.717, 1.165) is 15.6 Å². The van der Waals surface area contributed by atoms with E-state index < -0.39 is 5.97 Å². The molecule has 0 aromatic heterocycles. The normalized spacial score (nSPS) is 9.88. The summed E-state index contributed by atoms with van der Waals surface area (Å²) in [4.78, 5) is 21.6. The first kappa shape index (κ1) is 12.7. The molecule has 0 saturated carbocycles. The topological polar surface area (TPSA) is 66.4 Å². The van der Waals surface area contributed by atoms with Crippen LogP contribution in [-0.4, -0.2) is 23.5 Å². The third kappa shape index (κ3) is 4.02. The van der Waals surface area contributed by atoms with Crippen LogP contribution in [0.5, 0.6) is 0 Å². The average molecular weight is 286 g/mol. The molecule has 1 aromatic rings. The van der Waals surface area contributed by atoms with E-state index in [1.54, 1.807) is 0 Å². The molecule has 86 valence electrons. The Morgan fingerprint density at radius 2 is 2.12 bits per heavy atom. The lowest BCUT2D eigenvalue weighted by atomic mass is 10.1. The van der Waals surface area contributed by atoms with Crippen molar-refractivity contribution in [1.29, 1.82) is 0 Å². The number of aryl methyl sites for hydroxylation is 1. The number of benzene rings is 1. The molecule has 0 aliphatic rings. The lowest BCUT2D eigenvalue weighted by Gasteiger charge is -2.06. The zero-order chi connectivity index (χ0) is 12.1. The maximum atomic E-state index is 11.4. The Morgan fingerprint density at radius 1 is 1.44 bits per heavy atom. The molecule has 0 unspecified atom stereocenters. The van der Waals surface area contributed by atoms with Crippen LogP contribution >= 0.6 is 15.9 Å². The second-order valence-corrected chi connectivity index (χ2v) is 4.33. The molecule has 0 aliphatic heterocycles. The minimum absolute atomic E-state index is 0.201. The maximum Gasteiger partial charge on any atom is 0.322 e. The Morgan fingerprint density at radius 3 is 2.69 bits per heavy atom. The molecule has 1 rings (SSSR count). The van der Waals surface area contributed by atoms with E-state index in [0.29, 0.717) is 0 Å². The second-order valence-electron chi connectivity index (χ2n) is 3.42. The number of hydrogen-bond donors (Lipinski definition) is 2. The van der Waals surface area contributed by atoms with Crippen LogP contribution in [0, 0.1) is 6.92 Å². The van der Waals surface area contributed by atoms with Gasteiger partial charge in [0.05, 0.1) is 6.42 Å². The monoisotopic (exact) mass is 285 g/mol. The van der Waals surface area contributed by atoms with Crippen LogP contribution < -0.4 is 5.32 Å². The van der Waals surface area contributed by atoms with E-state index in [4.69, 9.17) is 5.11 Å². The van der Waals surface area contributed by atoms with Gasteiger partial charge in [-0.25, -0.2) is 0 Å². The van der Waals surface area contributed by atoms with Gasteiger partial charge < -0.3 is 10.4 Å². The van der Waals surface area contributed by atoms with Gasteiger partial charge in [-0.3, -0.25) is 9.59 Å². The number of halogens is 1. The minimum atomic E-state index is -1.04. The fourth-order valence-corrected chi connectivity index (χ4v) is 1.74. The summed E-state index contributed by atoms with van der Waals surface area (Å²) >= 11 is 3.33. The van der Waals surface area contributed by atoms with Gasteiger partial charge in [-0.1, -0.05) is 22.0 Å². The smallest absolute Gasteiger partial charge is 0.322 e. The number of rotatable bonds is 4. The summed E-state index contributed by atoms with van der Waals surface area (Å²) in [6.07, 6.45) is 0.201. The zero-order valence-electron chi connectivity index (χ0n) is 8.79. The Hall–Kier alpha value is -1.36. The van der Waals surface area contributed by atoms with Crippen molar-refractivity contribution in [2.24, 2.45) is 0 Å². The van der Waals surface area contributed by atoms with Crippen molar-refractivity contribution < 1.29 is 14.7 Å². The number of carboxylic acids is 1. The Balaban J connectivity index is 2.59. The van der Waals surface area contributed by atoms with E-state index in [9.17, 15) is 9.59 Å². The molecule has 0 heterocycles. The Bertz CT molecular complexity index is 418. The molecule has 0 spiro atoms. The lowest BCUT2D eigenvalue weighted by molar-refractivity contribution is -0.137. The number of carbonyl (C=O) groups is 2. The van der Waals surface area contributed by atoms with Crippen LogP contribution in [0.25, 0.3) is 0 Å². The Kier molecular flexibility index (Phi) is 4.49. The number of hydrogen-bond acceptors (Lipinski definition) is 2. The van der Waals surface area contributed by atoms with E-state index in [2.05, 4.69) is 21.2 Å². The summed E-state index contributed by atoms with van der Waals surface area (Å²) in [5, 5.41) is 10.7. The number of nitrogens with one attached hydrogen (secondary N) is 1. The number of carbonyl (C=O) groups excluding carboxylic acids is 1. The highest BCUT2D eigenvalue weighted by atomic mass is 79.9. The van der Waals surface area contributed by atoms with Gasteiger partial charge in [-0.15, -0.1) is 0 Å². The fourth-order valence-electron chi connectivity index (χ4n) is 1.27. The van der Waals surface area contributed by atoms with Gasteiger partial charge in [0.25, 0.3) is 0 Å². The van der Waals surface area contributed by atoms with Crippen LogP contribution in [0.4, 0.5) is 0 Å². The molecule has 0 radical (unpaired) electrons. The van der Waals surface area contributed by atoms with Crippen molar-refractivity contribution in [3.8, 4) is 0 Å². The van der Waals surface area contributed by atoms with Crippen LogP contribution in [0.15, 0.2) is 22.7 Å². The first-order valence-electron chi connectivity index (χ1n) is 4.72. The summed E-state index contributed by atoms with van der Waals surface area (Å²) in [7, 11) is 0. The summed E-state index contributed by atoms with van der Waals surface area (Å²) < 4.78 is 0.958. The summed E-state index contributed by atoms with van der Waals surface area (Å²) in [6, 6.07) is 5.62. The molecule has 0 atom stereocenters. The highest BCUT2D eigenvalue weighted by Crippen LogP contribution is 2.16. The summed E-state index contributed by atoms with van der Waals surface area (Å²) in [5.41, 5.74) is 1.89.